The van der Waals surface area contributed by atoms with Crippen molar-refractivity contribution in [2.24, 2.45) is 0 Å². The first-order valence-electron chi connectivity index (χ1n) is 8.54. The summed E-state index contributed by atoms with van der Waals surface area (Å²) in [4.78, 5) is 13.2. The van der Waals surface area contributed by atoms with Gasteiger partial charge < -0.3 is 9.80 Å². The van der Waals surface area contributed by atoms with Gasteiger partial charge in [-0.25, -0.2) is 9.97 Å². The van der Waals surface area contributed by atoms with E-state index in [-0.39, 0.29) is 0 Å². The Kier molecular flexibility index (Phi) is 5.62. The number of nitrogens with zero attached hydrogens (tertiary/aromatic N) is 4. The molecule has 1 heterocycles. The van der Waals surface area contributed by atoms with Gasteiger partial charge in [0.15, 0.2) is 0 Å². The molecule has 0 spiro atoms. The minimum atomic E-state index is 0.831. The first-order valence-corrected chi connectivity index (χ1v) is 8.54. The first-order chi connectivity index (χ1) is 12.2. The van der Waals surface area contributed by atoms with Crippen molar-refractivity contribution < 1.29 is 0 Å². The lowest BCUT2D eigenvalue weighted by Crippen LogP contribution is -2.26. The number of hydrogen-bond acceptors (Lipinski definition) is 4. The Balaban J connectivity index is 1.81. The van der Waals surface area contributed by atoms with E-state index < -0.39 is 0 Å². The van der Waals surface area contributed by atoms with Crippen molar-refractivity contribution in [2.75, 3.05) is 30.4 Å². The fourth-order valence-corrected chi connectivity index (χ4v) is 2.74. The molecule has 0 amide bonds. The van der Waals surface area contributed by atoms with Gasteiger partial charge in [0.1, 0.15) is 18.0 Å². The average molecular weight is 332 g/mol. The minimum Gasteiger partial charge on any atom is -0.363 e. The zero-order valence-corrected chi connectivity index (χ0v) is 14.8. The summed E-state index contributed by atoms with van der Waals surface area (Å²) < 4.78 is 0. The van der Waals surface area contributed by atoms with Gasteiger partial charge in [0.2, 0.25) is 0 Å². The van der Waals surface area contributed by atoms with Crippen LogP contribution < -0.4 is 9.80 Å². The second-order valence-electron chi connectivity index (χ2n) is 6.27. The van der Waals surface area contributed by atoms with Gasteiger partial charge in [-0.1, -0.05) is 60.7 Å². The van der Waals surface area contributed by atoms with E-state index in [1.165, 1.54) is 11.1 Å². The van der Waals surface area contributed by atoms with Gasteiger partial charge in [-0.05, 0) is 17.5 Å². The summed E-state index contributed by atoms with van der Waals surface area (Å²) in [6.07, 6.45) is 2.63. The van der Waals surface area contributed by atoms with Crippen molar-refractivity contribution in [3.63, 3.8) is 0 Å². The molecule has 0 aliphatic rings. The average Bonchev–Trinajstić information content (AvgIpc) is 2.67. The second kappa shape index (κ2) is 8.29. The predicted octanol–water partition coefficient (Wildman–Crippen LogP) is 3.79. The van der Waals surface area contributed by atoms with Crippen LogP contribution in [0.3, 0.4) is 0 Å². The zero-order chi connectivity index (χ0) is 17.5. The van der Waals surface area contributed by atoms with Crippen LogP contribution in [0.1, 0.15) is 11.1 Å². The highest BCUT2D eigenvalue weighted by Gasteiger charge is 2.11. The normalized spacial score (nSPS) is 10.5. The monoisotopic (exact) mass is 332 g/mol. The predicted molar refractivity (Wildman–Crippen MR) is 104 cm³/mol. The van der Waals surface area contributed by atoms with Gasteiger partial charge in [0, 0.05) is 33.3 Å². The SMILES string of the molecule is CN(C)c1cc(N(CCc2ccccc2)Cc2ccccc2)ncn1. The molecule has 0 saturated carbocycles. The lowest BCUT2D eigenvalue weighted by Gasteiger charge is -2.25. The number of rotatable bonds is 7. The third-order valence-electron chi connectivity index (χ3n) is 4.15. The summed E-state index contributed by atoms with van der Waals surface area (Å²) in [7, 11) is 4.00. The quantitative estimate of drug-likeness (QED) is 0.659. The Hall–Kier alpha value is -2.88. The van der Waals surface area contributed by atoms with Gasteiger partial charge in [-0.2, -0.15) is 0 Å². The molecule has 0 saturated heterocycles. The molecule has 0 atom stereocenters. The van der Waals surface area contributed by atoms with Crippen LogP contribution in [0.25, 0.3) is 0 Å². The van der Waals surface area contributed by atoms with Gasteiger partial charge in [0.25, 0.3) is 0 Å². The van der Waals surface area contributed by atoms with Crippen LogP contribution in [-0.2, 0) is 13.0 Å². The maximum absolute atomic E-state index is 4.52. The lowest BCUT2D eigenvalue weighted by molar-refractivity contribution is 0.765. The molecular formula is C21H24N4. The van der Waals surface area contributed by atoms with E-state index in [4.69, 9.17) is 0 Å². The summed E-state index contributed by atoms with van der Waals surface area (Å²) in [5.74, 6) is 1.88. The summed E-state index contributed by atoms with van der Waals surface area (Å²) in [5.41, 5.74) is 2.61. The number of anilines is 2. The van der Waals surface area contributed by atoms with Gasteiger partial charge in [-0.15, -0.1) is 0 Å². The van der Waals surface area contributed by atoms with Gasteiger partial charge in [0.05, 0.1) is 0 Å². The van der Waals surface area contributed by atoms with E-state index in [9.17, 15) is 0 Å². The molecule has 0 aliphatic carbocycles. The molecule has 128 valence electrons. The zero-order valence-electron chi connectivity index (χ0n) is 14.8. The smallest absolute Gasteiger partial charge is 0.134 e. The molecule has 3 aromatic rings. The number of aromatic nitrogens is 2. The maximum atomic E-state index is 4.52. The molecule has 0 aliphatic heterocycles. The van der Waals surface area contributed by atoms with E-state index in [2.05, 4.69) is 69.5 Å². The summed E-state index contributed by atoms with van der Waals surface area (Å²) >= 11 is 0. The van der Waals surface area contributed by atoms with E-state index in [1.807, 2.05) is 31.1 Å². The standard InChI is InChI=1S/C21H24N4/c1-24(2)20-15-21(23-17-22-20)25(16-19-11-7-4-8-12-19)14-13-18-9-5-3-6-10-18/h3-12,15,17H,13-14,16H2,1-2H3. The largest absolute Gasteiger partial charge is 0.363 e. The Morgan fingerprint density at radius 1 is 0.760 bits per heavy atom. The van der Waals surface area contributed by atoms with E-state index in [1.54, 1.807) is 6.33 Å². The van der Waals surface area contributed by atoms with Crippen molar-refractivity contribution >= 4 is 11.6 Å². The molecule has 0 bridgehead atoms. The lowest BCUT2D eigenvalue weighted by atomic mass is 10.1. The Labute approximate surface area is 149 Å². The molecule has 0 radical (unpaired) electrons. The molecule has 3 rings (SSSR count). The Morgan fingerprint density at radius 3 is 2.00 bits per heavy atom. The fourth-order valence-electron chi connectivity index (χ4n) is 2.74. The highest BCUT2D eigenvalue weighted by molar-refractivity contribution is 5.49. The Morgan fingerprint density at radius 2 is 1.36 bits per heavy atom. The molecule has 0 unspecified atom stereocenters. The minimum absolute atomic E-state index is 0.831. The molecule has 4 heteroatoms. The number of benzene rings is 2. The van der Waals surface area contributed by atoms with Crippen molar-refractivity contribution in [1.29, 1.82) is 0 Å². The van der Waals surface area contributed by atoms with E-state index in [0.29, 0.717) is 0 Å². The van der Waals surface area contributed by atoms with E-state index >= 15 is 0 Å². The molecule has 2 aromatic carbocycles. The first kappa shape index (κ1) is 17.0. The summed E-state index contributed by atoms with van der Waals surface area (Å²) in [6, 6.07) is 23.1. The molecule has 25 heavy (non-hydrogen) atoms. The third kappa shape index (κ3) is 4.80. The summed E-state index contributed by atoms with van der Waals surface area (Å²) in [6.45, 7) is 1.74. The number of hydrogen-bond donors (Lipinski definition) is 0. The molecule has 4 nitrogen and oxygen atoms in total. The molecule has 0 N–H and O–H groups in total. The topological polar surface area (TPSA) is 32.3 Å². The van der Waals surface area contributed by atoms with Crippen LogP contribution in [0.2, 0.25) is 0 Å². The maximum Gasteiger partial charge on any atom is 0.134 e. The molecule has 0 fully saturated rings. The van der Waals surface area contributed by atoms with Crippen LogP contribution in [0, 0.1) is 0 Å². The van der Waals surface area contributed by atoms with Crippen molar-refractivity contribution in [3.8, 4) is 0 Å². The third-order valence-corrected chi connectivity index (χ3v) is 4.15. The fraction of sp³-hybridized carbons (Fsp3) is 0.238. The Bertz CT molecular complexity index is 772. The molecule has 1 aromatic heterocycles. The highest BCUT2D eigenvalue weighted by Crippen LogP contribution is 2.19. The second-order valence-corrected chi connectivity index (χ2v) is 6.27. The van der Waals surface area contributed by atoms with Crippen LogP contribution in [0.5, 0.6) is 0 Å². The van der Waals surface area contributed by atoms with Gasteiger partial charge >= 0.3 is 0 Å². The van der Waals surface area contributed by atoms with Crippen molar-refractivity contribution in [2.45, 2.75) is 13.0 Å². The van der Waals surface area contributed by atoms with Gasteiger partial charge in [-0.3, -0.25) is 0 Å². The highest BCUT2D eigenvalue weighted by atomic mass is 15.2. The van der Waals surface area contributed by atoms with Crippen LogP contribution in [0.4, 0.5) is 11.6 Å². The van der Waals surface area contributed by atoms with Crippen LogP contribution in [0.15, 0.2) is 73.1 Å². The van der Waals surface area contributed by atoms with Crippen LogP contribution >= 0.6 is 0 Å². The molecular weight excluding hydrogens is 308 g/mol. The summed E-state index contributed by atoms with van der Waals surface area (Å²) in [5, 5.41) is 0. The van der Waals surface area contributed by atoms with Crippen molar-refractivity contribution in [1.82, 2.24) is 9.97 Å². The van der Waals surface area contributed by atoms with E-state index in [0.717, 1.165) is 31.1 Å². The van der Waals surface area contributed by atoms with Crippen molar-refractivity contribution in [3.05, 3.63) is 84.2 Å². The van der Waals surface area contributed by atoms with Crippen LogP contribution in [-0.4, -0.2) is 30.6 Å².